The van der Waals surface area contributed by atoms with Crippen molar-refractivity contribution in [1.82, 2.24) is 0 Å². The van der Waals surface area contributed by atoms with Gasteiger partial charge in [-0.3, -0.25) is 0 Å². The van der Waals surface area contributed by atoms with Gasteiger partial charge in [0.25, 0.3) is 0 Å². The molecule has 1 fully saturated rings. The molecule has 0 radical (unpaired) electrons. The third kappa shape index (κ3) is 2.60. The van der Waals surface area contributed by atoms with Crippen molar-refractivity contribution >= 4 is 11.7 Å². The average Bonchev–Trinajstić information content (AvgIpc) is 3.08. The van der Waals surface area contributed by atoms with Crippen LogP contribution in [0.5, 0.6) is 0 Å². The molecule has 0 spiro atoms. The molecule has 1 aromatic carbocycles. The number of benzene rings is 1. The summed E-state index contributed by atoms with van der Waals surface area (Å²) in [5.74, 6) is -0.863. The standard InChI is InChI=1S/C14H19NO2/c1-3-14(6-7-14)9-15-12-5-4-10(2)8-11(12)13(16)17/h4-5,8,15H,3,6-7,9H2,1-2H3,(H,16,17). The van der Waals surface area contributed by atoms with E-state index in [0.717, 1.165) is 24.2 Å². The van der Waals surface area contributed by atoms with Gasteiger partial charge in [0.2, 0.25) is 0 Å². The summed E-state index contributed by atoms with van der Waals surface area (Å²) in [4.78, 5) is 11.1. The van der Waals surface area contributed by atoms with Gasteiger partial charge in [-0.05, 0) is 43.7 Å². The van der Waals surface area contributed by atoms with Crippen LogP contribution in [0.2, 0.25) is 0 Å². The minimum Gasteiger partial charge on any atom is -0.478 e. The van der Waals surface area contributed by atoms with Crippen molar-refractivity contribution in [2.45, 2.75) is 33.1 Å². The Morgan fingerprint density at radius 3 is 2.71 bits per heavy atom. The fourth-order valence-electron chi connectivity index (χ4n) is 2.10. The largest absolute Gasteiger partial charge is 0.478 e. The Morgan fingerprint density at radius 1 is 1.47 bits per heavy atom. The fraction of sp³-hybridized carbons (Fsp3) is 0.500. The highest BCUT2D eigenvalue weighted by molar-refractivity contribution is 5.94. The molecule has 0 amide bonds. The van der Waals surface area contributed by atoms with Crippen molar-refractivity contribution in [2.75, 3.05) is 11.9 Å². The molecule has 0 unspecified atom stereocenters. The van der Waals surface area contributed by atoms with E-state index in [9.17, 15) is 4.79 Å². The van der Waals surface area contributed by atoms with Gasteiger partial charge >= 0.3 is 5.97 Å². The van der Waals surface area contributed by atoms with Crippen LogP contribution in [-0.2, 0) is 0 Å². The van der Waals surface area contributed by atoms with E-state index in [4.69, 9.17) is 5.11 Å². The topological polar surface area (TPSA) is 49.3 Å². The first kappa shape index (κ1) is 12.0. The van der Waals surface area contributed by atoms with Crippen molar-refractivity contribution in [3.63, 3.8) is 0 Å². The molecule has 2 rings (SSSR count). The van der Waals surface area contributed by atoms with Gasteiger partial charge in [-0.1, -0.05) is 18.6 Å². The molecule has 1 aliphatic rings. The molecule has 17 heavy (non-hydrogen) atoms. The molecular weight excluding hydrogens is 214 g/mol. The summed E-state index contributed by atoms with van der Waals surface area (Å²) in [7, 11) is 0. The minimum atomic E-state index is -0.863. The molecule has 1 aliphatic carbocycles. The smallest absolute Gasteiger partial charge is 0.337 e. The van der Waals surface area contributed by atoms with Crippen LogP contribution in [0.25, 0.3) is 0 Å². The first-order valence-electron chi connectivity index (χ1n) is 6.14. The van der Waals surface area contributed by atoms with Gasteiger partial charge in [0, 0.05) is 12.2 Å². The van der Waals surface area contributed by atoms with Crippen LogP contribution in [0.3, 0.4) is 0 Å². The Labute approximate surface area is 102 Å². The lowest BCUT2D eigenvalue weighted by Gasteiger charge is -2.16. The molecule has 1 saturated carbocycles. The lowest BCUT2D eigenvalue weighted by Crippen LogP contribution is -2.16. The molecule has 2 N–H and O–H groups in total. The summed E-state index contributed by atoms with van der Waals surface area (Å²) >= 11 is 0. The average molecular weight is 233 g/mol. The first-order valence-corrected chi connectivity index (χ1v) is 6.14. The van der Waals surface area contributed by atoms with Crippen LogP contribution < -0.4 is 5.32 Å². The summed E-state index contributed by atoms with van der Waals surface area (Å²) in [6.45, 7) is 4.99. The number of aromatic carboxylic acids is 1. The van der Waals surface area contributed by atoms with Gasteiger partial charge in [0.1, 0.15) is 0 Å². The van der Waals surface area contributed by atoms with E-state index in [-0.39, 0.29) is 0 Å². The Bertz CT molecular complexity index is 436. The molecule has 0 aliphatic heterocycles. The lowest BCUT2D eigenvalue weighted by molar-refractivity contribution is 0.0698. The quantitative estimate of drug-likeness (QED) is 0.820. The van der Waals surface area contributed by atoms with Crippen molar-refractivity contribution in [3.05, 3.63) is 29.3 Å². The molecule has 0 atom stereocenters. The zero-order chi connectivity index (χ0) is 12.5. The van der Waals surface area contributed by atoms with Gasteiger partial charge in [0.05, 0.1) is 5.56 Å². The monoisotopic (exact) mass is 233 g/mol. The van der Waals surface area contributed by atoms with E-state index in [1.807, 2.05) is 19.1 Å². The van der Waals surface area contributed by atoms with Gasteiger partial charge in [-0.2, -0.15) is 0 Å². The second-order valence-electron chi connectivity index (χ2n) is 5.06. The Balaban J connectivity index is 2.12. The lowest BCUT2D eigenvalue weighted by atomic mass is 10.0. The van der Waals surface area contributed by atoms with Crippen molar-refractivity contribution in [1.29, 1.82) is 0 Å². The number of nitrogens with one attached hydrogen (secondary N) is 1. The van der Waals surface area contributed by atoms with E-state index in [0.29, 0.717) is 11.0 Å². The molecular formula is C14H19NO2. The Kier molecular flexibility index (Phi) is 3.09. The summed E-state index contributed by atoms with van der Waals surface area (Å²) in [5.41, 5.74) is 2.50. The highest BCUT2D eigenvalue weighted by Gasteiger charge is 2.40. The van der Waals surface area contributed by atoms with Gasteiger partial charge in [-0.15, -0.1) is 0 Å². The highest BCUT2D eigenvalue weighted by Crippen LogP contribution is 2.48. The van der Waals surface area contributed by atoms with Crippen molar-refractivity contribution in [3.8, 4) is 0 Å². The van der Waals surface area contributed by atoms with Crippen LogP contribution in [0.15, 0.2) is 18.2 Å². The minimum absolute atomic E-state index is 0.372. The van der Waals surface area contributed by atoms with Crippen LogP contribution in [-0.4, -0.2) is 17.6 Å². The number of hydrogen-bond acceptors (Lipinski definition) is 2. The maximum Gasteiger partial charge on any atom is 0.337 e. The summed E-state index contributed by atoms with van der Waals surface area (Å²) in [5, 5.41) is 12.4. The van der Waals surface area contributed by atoms with E-state index < -0.39 is 5.97 Å². The van der Waals surface area contributed by atoms with Gasteiger partial charge in [0.15, 0.2) is 0 Å². The highest BCUT2D eigenvalue weighted by atomic mass is 16.4. The summed E-state index contributed by atoms with van der Waals surface area (Å²) in [6.07, 6.45) is 3.67. The van der Waals surface area contributed by atoms with Crippen LogP contribution >= 0.6 is 0 Å². The Hall–Kier alpha value is -1.51. The summed E-state index contributed by atoms with van der Waals surface area (Å²) in [6, 6.07) is 5.53. The maximum absolute atomic E-state index is 11.1. The maximum atomic E-state index is 11.1. The number of carboxylic acids is 1. The van der Waals surface area contributed by atoms with E-state index in [1.54, 1.807) is 6.07 Å². The number of anilines is 1. The normalized spacial score (nSPS) is 16.6. The van der Waals surface area contributed by atoms with Crippen LogP contribution in [0.1, 0.15) is 42.1 Å². The SMILES string of the molecule is CCC1(CNc2ccc(C)cc2C(=O)O)CC1. The van der Waals surface area contributed by atoms with E-state index in [2.05, 4.69) is 12.2 Å². The second-order valence-corrected chi connectivity index (χ2v) is 5.06. The zero-order valence-corrected chi connectivity index (χ0v) is 10.4. The van der Waals surface area contributed by atoms with Gasteiger partial charge < -0.3 is 10.4 Å². The Morgan fingerprint density at radius 2 is 2.18 bits per heavy atom. The molecule has 92 valence electrons. The number of aryl methyl sites for hydroxylation is 1. The fourth-order valence-corrected chi connectivity index (χ4v) is 2.10. The van der Waals surface area contributed by atoms with E-state index >= 15 is 0 Å². The van der Waals surface area contributed by atoms with Crippen LogP contribution in [0, 0.1) is 12.3 Å². The molecule has 0 aromatic heterocycles. The zero-order valence-electron chi connectivity index (χ0n) is 10.4. The summed E-state index contributed by atoms with van der Waals surface area (Å²) < 4.78 is 0. The molecule has 3 nitrogen and oxygen atoms in total. The number of rotatable bonds is 5. The molecule has 0 saturated heterocycles. The van der Waals surface area contributed by atoms with Crippen LogP contribution in [0.4, 0.5) is 5.69 Å². The predicted octanol–water partition coefficient (Wildman–Crippen LogP) is 3.30. The van der Waals surface area contributed by atoms with E-state index in [1.165, 1.54) is 12.8 Å². The predicted molar refractivity (Wildman–Crippen MR) is 68.6 cm³/mol. The molecule has 3 heteroatoms. The first-order chi connectivity index (χ1) is 8.06. The third-order valence-electron chi connectivity index (χ3n) is 3.77. The molecule has 0 bridgehead atoms. The molecule has 1 aromatic rings. The van der Waals surface area contributed by atoms with Crippen molar-refractivity contribution < 1.29 is 9.90 Å². The van der Waals surface area contributed by atoms with Gasteiger partial charge in [-0.25, -0.2) is 4.79 Å². The van der Waals surface area contributed by atoms with Crippen molar-refractivity contribution in [2.24, 2.45) is 5.41 Å². The third-order valence-corrected chi connectivity index (χ3v) is 3.77. The number of carboxylic acid groups (broad SMARTS) is 1. The molecule has 0 heterocycles. The second kappa shape index (κ2) is 4.40. The number of carbonyl (C=O) groups is 1. The number of hydrogen-bond donors (Lipinski definition) is 2.